The minimum absolute atomic E-state index is 0.0680. The maximum absolute atomic E-state index is 9.55. The second kappa shape index (κ2) is 7.34. The van der Waals surface area contributed by atoms with Gasteiger partial charge in [0.05, 0.1) is 34.5 Å². The fraction of sp³-hybridized carbons (Fsp3) is 0. The van der Waals surface area contributed by atoms with E-state index in [1.807, 2.05) is 24.3 Å². The molecule has 0 radical (unpaired) electrons. The van der Waals surface area contributed by atoms with Crippen LogP contribution in [-0.4, -0.2) is 4.57 Å². The van der Waals surface area contributed by atoms with Gasteiger partial charge in [-0.1, -0.05) is 90.8 Å². The Kier molecular flexibility index (Phi) is 2.21. The Hall–Kier alpha value is -4.82. The molecule has 0 fully saturated rings. The second-order valence-corrected chi connectivity index (χ2v) is 8.35. The van der Waals surface area contributed by atoms with Crippen molar-refractivity contribution in [1.29, 1.82) is 0 Å². The van der Waals surface area contributed by atoms with E-state index in [1.165, 1.54) is 0 Å². The zero-order valence-electron chi connectivity index (χ0n) is 31.5. The van der Waals surface area contributed by atoms with E-state index in [0.29, 0.717) is 11.0 Å². The van der Waals surface area contributed by atoms with E-state index in [-0.39, 0.29) is 44.5 Å². The largest absolute Gasteiger partial charge is 0.456 e. The third-order valence-corrected chi connectivity index (χ3v) is 6.42. The lowest BCUT2D eigenvalue weighted by Gasteiger charge is -2.22. The van der Waals surface area contributed by atoms with Gasteiger partial charge in [-0.3, -0.25) is 0 Å². The molecule has 0 spiro atoms. The molecule has 7 aromatic rings. The molecule has 0 aliphatic carbocycles. The van der Waals surface area contributed by atoms with Crippen molar-refractivity contribution in [2.24, 2.45) is 0 Å². The molecule has 168 valence electrons. The molecule has 1 aliphatic heterocycles. The molecule has 0 atom stereocenters. The lowest BCUT2D eigenvalue weighted by molar-refractivity contribution is 0.487. The van der Waals surface area contributed by atoms with Crippen molar-refractivity contribution < 1.29 is 22.6 Å². The molecule has 0 saturated carbocycles. The monoisotopic (exact) mass is 472 g/mol. The summed E-state index contributed by atoms with van der Waals surface area (Å²) < 4.78 is 122. The van der Waals surface area contributed by atoms with E-state index in [0.717, 1.165) is 10.8 Å². The highest BCUT2D eigenvalue weighted by molar-refractivity contribution is 6.10. The zero-order chi connectivity index (χ0) is 35.0. The van der Waals surface area contributed by atoms with E-state index >= 15 is 0 Å². The molecule has 0 amide bonds. The van der Waals surface area contributed by atoms with Gasteiger partial charge in [0.25, 0.3) is 0 Å². The number of para-hydroxylation sites is 3. The summed E-state index contributed by atoms with van der Waals surface area (Å²) in [6, 6.07) is 7.12. The lowest BCUT2D eigenvalue weighted by atomic mass is 9.92. The SMILES string of the molecule is [2H]c1c([2H])c([2H])c(-n2c3ccccc3c3ccccc32)c(-c2c([2H])c([2H])c3c(c2[2H])-c2c([2H])c([2H])c([2H])c4c([2H])c([2H])c([2H])c(c24)O3)c1[2H]. The van der Waals surface area contributed by atoms with Crippen molar-refractivity contribution in [2.75, 3.05) is 0 Å². The summed E-state index contributed by atoms with van der Waals surface area (Å²) in [6.45, 7) is 0. The van der Waals surface area contributed by atoms with Crippen molar-refractivity contribution in [1.82, 2.24) is 4.57 Å². The summed E-state index contributed by atoms with van der Waals surface area (Å²) in [7, 11) is 0. The smallest absolute Gasteiger partial charge is 0.135 e. The summed E-state index contributed by atoms with van der Waals surface area (Å²) in [5, 5.41) is 1.21. The Morgan fingerprint density at radius 1 is 0.583 bits per heavy atom. The molecule has 2 heteroatoms. The predicted octanol–water partition coefficient (Wildman–Crippen LogP) is 9.38. The van der Waals surface area contributed by atoms with E-state index in [4.69, 9.17) is 21.2 Å². The van der Waals surface area contributed by atoms with Gasteiger partial charge in [-0.15, -0.1) is 0 Å². The summed E-state index contributed by atoms with van der Waals surface area (Å²) in [6.07, 6.45) is 0. The molecule has 2 heterocycles. The van der Waals surface area contributed by atoms with Crippen LogP contribution in [0.15, 0.2) is 127 Å². The molecule has 6 aromatic carbocycles. The fourth-order valence-corrected chi connectivity index (χ4v) is 4.90. The molecule has 0 saturated heterocycles. The molecule has 1 aliphatic rings. The molecule has 36 heavy (non-hydrogen) atoms. The fourth-order valence-electron chi connectivity index (χ4n) is 4.90. The molecular weight excluding hydrogens is 438 g/mol. The van der Waals surface area contributed by atoms with Gasteiger partial charge in [-0.2, -0.15) is 0 Å². The molecule has 1 aromatic heterocycles. The van der Waals surface area contributed by atoms with E-state index < -0.39 is 84.3 Å². The number of fused-ring (bicyclic) bond motifs is 5. The Morgan fingerprint density at radius 2 is 1.28 bits per heavy atom. The van der Waals surface area contributed by atoms with Crippen molar-refractivity contribution in [3.8, 4) is 39.4 Å². The lowest BCUT2D eigenvalue weighted by Crippen LogP contribution is -1.99. The van der Waals surface area contributed by atoms with Crippen LogP contribution in [0, 0.1) is 0 Å². The quantitative estimate of drug-likeness (QED) is 0.244. The van der Waals surface area contributed by atoms with E-state index in [1.54, 1.807) is 28.8 Å². The Labute approximate surface area is 226 Å². The number of hydrogen-bond acceptors (Lipinski definition) is 1. The van der Waals surface area contributed by atoms with Crippen LogP contribution in [0.3, 0.4) is 0 Å². The number of aromatic nitrogens is 1. The Balaban J connectivity index is 1.59. The van der Waals surface area contributed by atoms with Crippen LogP contribution in [0.1, 0.15) is 17.8 Å². The van der Waals surface area contributed by atoms with Crippen molar-refractivity contribution in [3.63, 3.8) is 0 Å². The number of ether oxygens (including phenoxy) is 1. The molecule has 2 nitrogen and oxygen atoms in total. The maximum atomic E-state index is 9.55. The van der Waals surface area contributed by atoms with Crippen molar-refractivity contribution >= 4 is 32.6 Å². The van der Waals surface area contributed by atoms with Crippen LogP contribution >= 0.6 is 0 Å². The number of hydrogen-bond donors (Lipinski definition) is 0. The summed E-state index contributed by atoms with van der Waals surface area (Å²) in [5.74, 6) is -0.754. The number of benzene rings is 6. The first-order chi connectivity index (χ1) is 23.3. The van der Waals surface area contributed by atoms with Gasteiger partial charge in [0.2, 0.25) is 0 Å². The van der Waals surface area contributed by atoms with Gasteiger partial charge < -0.3 is 9.30 Å². The normalized spacial score (nSPS) is 17.2. The van der Waals surface area contributed by atoms with Crippen molar-refractivity contribution in [3.05, 3.63) is 127 Å². The van der Waals surface area contributed by atoms with Crippen molar-refractivity contribution in [2.45, 2.75) is 0 Å². The third-order valence-electron chi connectivity index (χ3n) is 6.42. The van der Waals surface area contributed by atoms with Crippen LogP contribution in [0.25, 0.3) is 60.5 Å². The average molecular weight is 473 g/mol. The first-order valence-electron chi connectivity index (χ1n) is 17.7. The minimum Gasteiger partial charge on any atom is -0.456 e. The summed E-state index contributed by atoms with van der Waals surface area (Å²) in [5.41, 5.74) is 0.0458. The molecule has 0 bridgehead atoms. The predicted molar refractivity (Wildman–Crippen MR) is 149 cm³/mol. The molecule has 0 unspecified atom stereocenters. The number of rotatable bonds is 2. The van der Waals surface area contributed by atoms with E-state index in [9.17, 15) is 1.37 Å². The zero-order valence-corrected chi connectivity index (χ0v) is 18.5. The average Bonchev–Trinajstić information content (AvgIpc) is 3.43. The van der Waals surface area contributed by atoms with Crippen LogP contribution in [-0.2, 0) is 0 Å². The Bertz CT molecular complexity index is 2620. The summed E-state index contributed by atoms with van der Waals surface area (Å²) >= 11 is 0. The highest BCUT2D eigenvalue weighted by Gasteiger charge is 2.21. The van der Waals surface area contributed by atoms with Crippen LogP contribution in [0.2, 0.25) is 0 Å². The second-order valence-electron chi connectivity index (χ2n) is 8.35. The van der Waals surface area contributed by atoms with Gasteiger partial charge in [-0.05, 0) is 52.8 Å². The van der Waals surface area contributed by atoms with Crippen LogP contribution in [0.4, 0.5) is 0 Å². The molecule has 0 N–H and O–H groups in total. The van der Waals surface area contributed by atoms with Crippen LogP contribution < -0.4 is 4.74 Å². The Morgan fingerprint density at radius 3 is 2.08 bits per heavy atom. The highest BCUT2D eigenvalue weighted by atomic mass is 16.5. The minimum atomic E-state index is -0.634. The third kappa shape index (κ3) is 2.67. The van der Waals surface area contributed by atoms with Gasteiger partial charge in [0, 0.05) is 27.3 Å². The van der Waals surface area contributed by atoms with Crippen LogP contribution in [0.5, 0.6) is 11.5 Å². The van der Waals surface area contributed by atoms with Gasteiger partial charge in [-0.25, -0.2) is 0 Å². The number of nitrogens with zero attached hydrogens (tertiary/aromatic N) is 1. The molecular formula is C34H21NO. The highest BCUT2D eigenvalue weighted by Crippen LogP contribution is 2.48. The van der Waals surface area contributed by atoms with Gasteiger partial charge >= 0.3 is 0 Å². The topological polar surface area (TPSA) is 14.2 Å². The summed E-state index contributed by atoms with van der Waals surface area (Å²) in [4.78, 5) is 0. The van der Waals surface area contributed by atoms with Gasteiger partial charge in [0.1, 0.15) is 11.5 Å². The molecule has 8 rings (SSSR count). The van der Waals surface area contributed by atoms with Gasteiger partial charge in [0.15, 0.2) is 0 Å². The maximum Gasteiger partial charge on any atom is 0.135 e. The first kappa shape index (κ1) is 10.8. The van der Waals surface area contributed by atoms with E-state index in [2.05, 4.69) is 0 Å². The standard InChI is InChI=1S/C34H21NO/c1-4-15-29(35-30-16-5-2-12-25(30)26-13-3-6-17-31(26)35)24(11-1)23-19-20-32-28(21-23)27-14-7-9-22-10-8-18-33(36-32)34(22)27/h1-21H/i1D,4D,7D,8D,9D,10D,11D,14D,15D,18D,19D,20D,21D. The first-order valence-corrected chi connectivity index (χ1v) is 11.2.